The van der Waals surface area contributed by atoms with Crippen LogP contribution in [0.4, 0.5) is 13.2 Å². The molecule has 1 heterocycles. The van der Waals surface area contributed by atoms with Gasteiger partial charge in [0.05, 0.1) is 11.2 Å². The maximum Gasteiger partial charge on any atom is 0.416 e. The summed E-state index contributed by atoms with van der Waals surface area (Å²) in [7, 11) is 0. The van der Waals surface area contributed by atoms with Gasteiger partial charge in [0.2, 0.25) is 0 Å². The second-order valence-electron chi connectivity index (χ2n) is 4.91. The predicted octanol–water partition coefficient (Wildman–Crippen LogP) is 1.52. The second kappa shape index (κ2) is 5.48. The van der Waals surface area contributed by atoms with Crippen molar-refractivity contribution in [1.29, 1.82) is 0 Å². The lowest BCUT2D eigenvalue weighted by Crippen LogP contribution is -2.42. The lowest BCUT2D eigenvalue weighted by Gasteiger charge is -2.22. The lowest BCUT2D eigenvalue weighted by atomic mass is 10.0. The molecule has 0 bridgehead atoms. The first kappa shape index (κ1) is 14.3. The Labute approximate surface area is 109 Å². The molecule has 3 N–H and O–H groups in total. The summed E-state index contributed by atoms with van der Waals surface area (Å²) in [4.78, 5) is 0. The van der Waals surface area contributed by atoms with Crippen LogP contribution in [0.3, 0.4) is 0 Å². The van der Waals surface area contributed by atoms with Crippen molar-refractivity contribution in [3.8, 4) is 0 Å². The van der Waals surface area contributed by atoms with Crippen LogP contribution >= 0.6 is 0 Å². The molecular formula is C13H17F3N2O. The summed E-state index contributed by atoms with van der Waals surface area (Å²) < 4.78 is 38.3. The minimum absolute atomic E-state index is 0.0952. The molecule has 0 aliphatic carbocycles. The Morgan fingerprint density at radius 2 is 2.05 bits per heavy atom. The van der Waals surface area contributed by atoms with E-state index in [1.54, 1.807) is 6.07 Å². The van der Waals surface area contributed by atoms with Crippen molar-refractivity contribution in [2.45, 2.75) is 24.7 Å². The van der Waals surface area contributed by atoms with Crippen LogP contribution in [0.5, 0.6) is 0 Å². The Kier molecular flexibility index (Phi) is 4.13. The smallest absolute Gasteiger partial charge is 0.387 e. The third kappa shape index (κ3) is 3.68. The van der Waals surface area contributed by atoms with Gasteiger partial charge in [0, 0.05) is 19.6 Å². The van der Waals surface area contributed by atoms with Crippen molar-refractivity contribution in [3.05, 3.63) is 35.4 Å². The van der Waals surface area contributed by atoms with E-state index in [0.717, 1.165) is 12.6 Å². The molecule has 6 heteroatoms. The third-order valence-electron chi connectivity index (χ3n) is 3.31. The first-order valence-corrected chi connectivity index (χ1v) is 6.20. The van der Waals surface area contributed by atoms with Crippen molar-refractivity contribution in [3.63, 3.8) is 0 Å². The average Bonchev–Trinajstić information content (AvgIpc) is 2.76. The van der Waals surface area contributed by atoms with E-state index in [1.165, 1.54) is 12.1 Å². The molecule has 0 unspecified atom stereocenters. The summed E-state index contributed by atoms with van der Waals surface area (Å²) in [5.41, 5.74) is -1.28. The molecule has 0 amide bonds. The van der Waals surface area contributed by atoms with E-state index < -0.39 is 17.3 Å². The van der Waals surface area contributed by atoms with Gasteiger partial charge < -0.3 is 15.7 Å². The van der Waals surface area contributed by atoms with Crippen molar-refractivity contribution in [2.24, 2.45) is 0 Å². The summed E-state index contributed by atoms with van der Waals surface area (Å²) in [5, 5.41) is 16.0. The van der Waals surface area contributed by atoms with Crippen LogP contribution in [0.1, 0.15) is 17.5 Å². The molecule has 2 rings (SSSR count). The Hall–Kier alpha value is -1.11. The van der Waals surface area contributed by atoms with Gasteiger partial charge in [-0.05, 0) is 24.6 Å². The lowest BCUT2D eigenvalue weighted by molar-refractivity contribution is -0.138. The predicted molar refractivity (Wildman–Crippen MR) is 65.6 cm³/mol. The fourth-order valence-electron chi connectivity index (χ4n) is 2.26. The Bertz CT molecular complexity index is 428. The normalized spacial score (nSPS) is 23.8. The summed E-state index contributed by atoms with van der Waals surface area (Å²) in [6.07, 6.45) is -3.73. The molecule has 0 aromatic heterocycles. The van der Waals surface area contributed by atoms with Crippen LogP contribution in [0.25, 0.3) is 0 Å². The van der Waals surface area contributed by atoms with Gasteiger partial charge in [-0.15, -0.1) is 0 Å². The van der Waals surface area contributed by atoms with Crippen LogP contribution in [0.2, 0.25) is 0 Å². The highest BCUT2D eigenvalue weighted by Crippen LogP contribution is 2.31. The van der Waals surface area contributed by atoms with E-state index in [4.69, 9.17) is 0 Å². The number of rotatable bonds is 4. The molecule has 19 heavy (non-hydrogen) atoms. The molecular weight excluding hydrogens is 257 g/mol. The number of alkyl halides is 3. The zero-order valence-electron chi connectivity index (χ0n) is 10.4. The first-order chi connectivity index (χ1) is 8.91. The summed E-state index contributed by atoms with van der Waals surface area (Å²) >= 11 is 0. The van der Waals surface area contributed by atoms with E-state index in [1.807, 2.05) is 0 Å². The molecule has 1 aromatic rings. The van der Waals surface area contributed by atoms with Gasteiger partial charge in [-0.3, -0.25) is 0 Å². The molecule has 1 saturated heterocycles. The quantitative estimate of drug-likeness (QED) is 0.780. The fourth-order valence-corrected chi connectivity index (χ4v) is 2.26. The molecule has 1 aromatic carbocycles. The highest BCUT2D eigenvalue weighted by atomic mass is 19.4. The maximum absolute atomic E-state index is 12.8. The van der Waals surface area contributed by atoms with Gasteiger partial charge in [-0.2, -0.15) is 13.2 Å². The van der Waals surface area contributed by atoms with Gasteiger partial charge in [-0.1, -0.05) is 18.2 Å². The number of hydrogen-bond donors (Lipinski definition) is 3. The third-order valence-corrected chi connectivity index (χ3v) is 3.31. The zero-order chi connectivity index (χ0) is 13.9. The molecule has 0 saturated carbocycles. The standard InChI is InChI=1S/C13H17F3N2O/c14-13(15,16)11-4-2-1-3-10(11)7-18-9-12(19)5-6-17-8-12/h1-4,17-19H,5-9H2/t12-/m0/s1. The molecule has 1 fully saturated rings. The maximum atomic E-state index is 12.8. The molecule has 3 nitrogen and oxygen atoms in total. The van der Waals surface area contributed by atoms with Gasteiger partial charge in [-0.25, -0.2) is 0 Å². The Morgan fingerprint density at radius 1 is 1.32 bits per heavy atom. The second-order valence-corrected chi connectivity index (χ2v) is 4.91. The van der Waals surface area contributed by atoms with Crippen LogP contribution < -0.4 is 10.6 Å². The highest BCUT2D eigenvalue weighted by molar-refractivity contribution is 5.29. The van der Waals surface area contributed by atoms with Gasteiger partial charge in [0.1, 0.15) is 0 Å². The van der Waals surface area contributed by atoms with Crippen LogP contribution in [-0.4, -0.2) is 30.3 Å². The first-order valence-electron chi connectivity index (χ1n) is 6.20. The molecule has 0 radical (unpaired) electrons. The number of nitrogens with one attached hydrogen (secondary N) is 2. The largest absolute Gasteiger partial charge is 0.416 e. The van der Waals surface area contributed by atoms with E-state index in [2.05, 4.69) is 10.6 Å². The minimum atomic E-state index is -4.34. The van der Waals surface area contributed by atoms with Crippen LogP contribution in [0, 0.1) is 0 Å². The van der Waals surface area contributed by atoms with Gasteiger partial charge in [0.25, 0.3) is 0 Å². The Morgan fingerprint density at radius 3 is 2.68 bits per heavy atom. The number of halogens is 3. The molecule has 106 valence electrons. The van der Waals surface area contributed by atoms with Crippen molar-refractivity contribution < 1.29 is 18.3 Å². The number of β-amino-alcohol motifs (C(OH)–C–C–N with tert-alkyl or cyclic N) is 1. The Balaban J connectivity index is 1.96. The monoisotopic (exact) mass is 274 g/mol. The number of benzene rings is 1. The molecule has 0 spiro atoms. The summed E-state index contributed by atoms with van der Waals surface area (Å²) in [5.74, 6) is 0. The van der Waals surface area contributed by atoms with Crippen molar-refractivity contribution >= 4 is 0 Å². The van der Waals surface area contributed by atoms with E-state index in [-0.39, 0.29) is 18.7 Å². The molecule has 1 aliphatic rings. The topological polar surface area (TPSA) is 44.3 Å². The highest BCUT2D eigenvalue weighted by Gasteiger charge is 2.33. The summed E-state index contributed by atoms with van der Waals surface area (Å²) in [6, 6.07) is 5.48. The summed E-state index contributed by atoms with van der Waals surface area (Å²) in [6.45, 7) is 1.59. The minimum Gasteiger partial charge on any atom is -0.387 e. The number of aliphatic hydroxyl groups is 1. The van der Waals surface area contributed by atoms with Crippen LogP contribution in [-0.2, 0) is 12.7 Å². The van der Waals surface area contributed by atoms with Crippen molar-refractivity contribution in [2.75, 3.05) is 19.6 Å². The zero-order valence-corrected chi connectivity index (χ0v) is 10.4. The van der Waals surface area contributed by atoms with Crippen molar-refractivity contribution in [1.82, 2.24) is 10.6 Å². The van der Waals surface area contributed by atoms with E-state index in [9.17, 15) is 18.3 Å². The van der Waals surface area contributed by atoms with Gasteiger partial charge in [0.15, 0.2) is 0 Å². The van der Waals surface area contributed by atoms with Crippen LogP contribution in [0.15, 0.2) is 24.3 Å². The van der Waals surface area contributed by atoms with E-state index >= 15 is 0 Å². The SMILES string of the molecule is O[C@@]1(CNCc2ccccc2C(F)(F)F)CCNC1. The van der Waals surface area contributed by atoms with E-state index in [0.29, 0.717) is 13.0 Å². The fraction of sp³-hybridized carbons (Fsp3) is 0.538. The molecule has 1 aliphatic heterocycles. The number of hydrogen-bond acceptors (Lipinski definition) is 3. The van der Waals surface area contributed by atoms with Gasteiger partial charge >= 0.3 is 6.18 Å². The average molecular weight is 274 g/mol. The molecule has 1 atom stereocenters.